The van der Waals surface area contributed by atoms with Gasteiger partial charge in [-0.2, -0.15) is 0 Å². The highest BCUT2D eigenvalue weighted by Crippen LogP contribution is 2.57. The molecule has 7 heteroatoms. The number of furan rings is 1. The number of nitrogens with one attached hydrogen (secondary N) is 1. The Bertz CT molecular complexity index is 768. The standard InChI is InChI=1S/C18H22BNO5/c21-17(14-9-18(14)6-3-7-24-11-18)20-16(19(22)23)8-12-10-25-15-5-2-1-4-13(12)15/h1-2,4-5,10,14,16,22-23H,3,6-9,11H2,(H,20,21)/t14?,16-,18?/m0/s1. The van der Waals surface area contributed by atoms with Crippen LogP contribution in [0.1, 0.15) is 24.8 Å². The third-order valence-electron chi connectivity index (χ3n) is 5.55. The zero-order valence-corrected chi connectivity index (χ0v) is 14.0. The van der Waals surface area contributed by atoms with Gasteiger partial charge in [-0.05, 0) is 37.3 Å². The number of para-hydroxylation sites is 1. The molecule has 2 fully saturated rings. The highest BCUT2D eigenvalue weighted by molar-refractivity contribution is 6.43. The fraction of sp³-hybridized carbons (Fsp3) is 0.500. The van der Waals surface area contributed by atoms with Crippen molar-refractivity contribution in [3.8, 4) is 0 Å². The molecule has 132 valence electrons. The van der Waals surface area contributed by atoms with Crippen molar-refractivity contribution < 1.29 is 24.0 Å². The normalized spacial score (nSPS) is 26.6. The van der Waals surface area contributed by atoms with Gasteiger partial charge >= 0.3 is 7.12 Å². The lowest BCUT2D eigenvalue weighted by atomic mass is 9.75. The number of ether oxygens (including phenoxy) is 1. The van der Waals surface area contributed by atoms with Crippen molar-refractivity contribution in [3.63, 3.8) is 0 Å². The van der Waals surface area contributed by atoms with Gasteiger partial charge < -0.3 is 24.5 Å². The molecule has 0 bridgehead atoms. The summed E-state index contributed by atoms with van der Waals surface area (Å²) in [7, 11) is -1.63. The van der Waals surface area contributed by atoms with E-state index in [0.29, 0.717) is 13.0 Å². The molecule has 4 rings (SSSR count). The van der Waals surface area contributed by atoms with E-state index in [4.69, 9.17) is 9.15 Å². The Kier molecular flexibility index (Phi) is 4.31. The van der Waals surface area contributed by atoms with Crippen LogP contribution in [0, 0.1) is 11.3 Å². The zero-order chi connectivity index (χ0) is 17.4. The Hall–Kier alpha value is -1.83. The summed E-state index contributed by atoms with van der Waals surface area (Å²) in [6, 6.07) is 7.57. The first-order chi connectivity index (χ1) is 12.1. The maximum atomic E-state index is 12.6. The second-order valence-electron chi connectivity index (χ2n) is 7.27. The molecule has 2 aliphatic rings. The molecule has 1 spiro atoms. The third-order valence-corrected chi connectivity index (χ3v) is 5.55. The van der Waals surface area contributed by atoms with Crippen molar-refractivity contribution in [1.29, 1.82) is 0 Å². The van der Waals surface area contributed by atoms with Gasteiger partial charge in [0.25, 0.3) is 0 Å². The first-order valence-electron chi connectivity index (χ1n) is 8.78. The van der Waals surface area contributed by atoms with Gasteiger partial charge in [0, 0.05) is 23.3 Å². The van der Waals surface area contributed by atoms with Crippen LogP contribution in [0.3, 0.4) is 0 Å². The Morgan fingerprint density at radius 3 is 3.00 bits per heavy atom. The number of rotatable bonds is 5. The third kappa shape index (κ3) is 3.19. The molecule has 3 atom stereocenters. The van der Waals surface area contributed by atoms with Crippen LogP contribution in [0.4, 0.5) is 0 Å². The summed E-state index contributed by atoms with van der Waals surface area (Å²) in [6.07, 6.45) is 4.72. The lowest BCUT2D eigenvalue weighted by molar-refractivity contribution is -0.124. The largest absolute Gasteiger partial charge is 0.475 e. The maximum absolute atomic E-state index is 12.6. The second-order valence-corrected chi connectivity index (χ2v) is 7.27. The molecule has 1 saturated carbocycles. The van der Waals surface area contributed by atoms with Gasteiger partial charge in [0.2, 0.25) is 5.91 Å². The summed E-state index contributed by atoms with van der Waals surface area (Å²) in [6.45, 7) is 1.39. The van der Waals surface area contributed by atoms with Gasteiger partial charge in [-0.25, -0.2) is 0 Å². The molecule has 1 aliphatic carbocycles. The highest BCUT2D eigenvalue weighted by atomic mass is 16.5. The van der Waals surface area contributed by atoms with Crippen LogP contribution in [-0.4, -0.2) is 42.2 Å². The molecule has 0 radical (unpaired) electrons. The number of carbonyl (C=O) groups excluding carboxylic acids is 1. The van der Waals surface area contributed by atoms with E-state index in [1.165, 1.54) is 0 Å². The van der Waals surface area contributed by atoms with Crippen LogP contribution in [0.15, 0.2) is 34.9 Å². The second kappa shape index (κ2) is 6.48. The average Bonchev–Trinajstić information content (AvgIpc) is 3.15. The lowest BCUT2D eigenvalue weighted by Crippen LogP contribution is -2.49. The van der Waals surface area contributed by atoms with Crippen molar-refractivity contribution in [2.75, 3.05) is 13.2 Å². The Labute approximate surface area is 146 Å². The molecule has 1 aromatic heterocycles. The van der Waals surface area contributed by atoms with E-state index in [9.17, 15) is 14.8 Å². The van der Waals surface area contributed by atoms with Gasteiger partial charge in [-0.3, -0.25) is 4.79 Å². The van der Waals surface area contributed by atoms with Crippen LogP contribution in [0.2, 0.25) is 0 Å². The minimum absolute atomic E-state index is 0.0321. The topological polar surface area (TPSA) is 91.9 Å². The van der Waals surface area contributed by atoms with Crippen LogP contribution in [-0.2, 0) is 16.0 Å². The van der Waals surface area contributed by atoms with Gasteiger partial charge in [-0.15, -0.1) is 0 Å². The van der Waals surface area contributed by atoms with E-state index >= 15 is 0 Å². The molecular weight excluding hydrogens is 321 g/mol. The SMILES string of the molecule is O=C(N[C@@H](Cc1coc2ccccc12)B(O)O)C1CC12CCCOC2. The molecule has 3 N–H and O–H groups in total. The molecule has 1 saturated heterocycles. The molecule has 1 aromatic carbocycles. The van der Waals surface area contributed by atoms with Crippen LogP contribution in [0.25, 0.3) is 11.0 Å². The summed E-state index contributed by atoms with van der Waals surface area (Å²) in [5.41, 5.74) is 1.56. The maximum Gasteiger partial charge on any atom is 0.475 e. The van der Waals surface area contributed by atoms with E-state index < -0.39 is 13.1 Å². The number of hydrogen-bond donors (Lipinski definition) is 3. The fourth-order valence-corrected chi connectivity index (χ4v) is 3.97. The number of benzene rings is 1. The minimum atomic E-state index is -1.63. The fourth-order valence-electron chi connectivity index (χ4n) is 3.97. The average molecular weight is 343 g/mol. The van der Waals surface area contributed by atoms with Crippen molar-refractivity contribution in [2.45, 2.75) is 31.6 Å². The van der Waals surface area contributed by atoms with E-state index in [2.05, 4.69) is 5.32 Å². The summed E-state index contributed by atoms with van der Waals surface area (Å²) in [5, 5.41) is 23.2. The van der Waals surface area contributed by atoms with Crippen LogP contribution in [0.5, 0.6) is 0 Å². The molecule has 2 heterocycles. The number of hydrogen-bond acceptors (Lipinski definition) is 5. The molecule has 1 aliphatic heterocycles. The quantitative estimate of drug-likeness (QED) is 0.712. The smallest absolute Gasteiger partial charge is 0.464 e. The van der Waals surface area contributed by atoms with E-state index in [0.717, 1.165) is 42.4 Å². The minimum Gasteiger partial charge on any atom is -0.464 e. The summed E-state index contributed by atoms with van der Waals surface area (Å²) >= 11 is 0. The van der Waals surface area contributed by atoms with Crippen molar-refractivity contribution in [2.24, 2.45) is 11.3 Å². The number of fused-ring (bicyclic) bond motifs is 1. The van der Waals surface area contributed by atoms with E-state index in [-0.39, 0.29) is 17.2 Å². The van der Waals surface area contributed by atoms with E-state index in [1.54, 1.807) is 6.26 Å². The molecule has 2 unspecified atom stereocenters. The summed E-state index contributed by atoms with van der Waals surface area (Å²) in [5.74, 6) is -0.970. The van der Waals surface area contributed by atoms with Gasteiger partial charge in [0.15, 0.2) is 0 Å². The van der Waals surface area contributed by atoms with E-state index in [1.807, 2.05) is 24.3 Å². The van der Waals surface area contributed by atoms with Crippen molar-refractivity contribution in [1.82, 2.24) is 5.32 Å². The summed E-state index contributed by atoms with van der Waals surface area (Å²) < 4.78 is 11.0. The first kappa shape index (κ1) is 16.6. The number of carbonyl (C=O) groups is 1. The Morgan fingerprint density at radius 1 is 1.40 bits per heavy atom. The van der Waals surface area contributed by atoms with Gasteiger partial charge in [0.05, 0.1) is 18.8 Å². The number of amides is 1. The highest BCUT2D eigenvalue weighted by Gasteiger charge is 2.58. The first-order valence-corrected chi connectivity index (χ1v) is 8.78. The Morgan fingerprint density at radius 2 is 2.24 bits per heavy atom. The molecule has 25 heavy (non-hydrogen) atoms. The zero-order valence-electron chi connectivity index (χ0n) is 14.0. The predicted molar refractivity (Wildman–Crippen MR) is 92.6 cm³/mol. The van der Waals surface area contributed by atoms with Crippen LogP contribution >= 0.6 is 0 Å². The van der Waals surface area contributed by atoms with Gasteiger partial charge in [0.1, 0.15) is 5.58 Å². The monoisotopic (exact) mass is 343 g/mol. The van der Waals surface area contributed by atoms with Crippen molar-refractivity contribution >= 4 is 24.0 Å². The van der Waals surface area contributed by atoms with Gasteiger partial charge in [-0.1, -0.05) is 18.2 Å². The molecule has 1 amide bonds. The molecule has 2 aromatic rings. The molecular formula is C18H22BNO5. The van der Waals surface area contributed by atoms with Crippen molar-refractivity contribution in [3.05, 3.63) is 36.1 Å². The Balaban J connectivity index is 1.44. The summed E-state index contributed by atoms with van der Waals surface area (Å²) in [4.78, 5) is 12.6. The van der Waals surface area contributed by atoms with Crippen LogP contribution < -0.4 is 5.32 Å². The lowest BCUT2D eigenvalue weighted by Gasteiger charge is -2.23. The molecule has 6 nitrogen and oxygen atoms in total. The predicted octanol–water partition coefficient (Wildman–Crippen LogP) is 1.29.